The zero-order chi connectivity index (χ0) is 27.3. The van der Waals surface area contributed by atoms with Gasteiger partial charge in [0.25, 0.3) is 32.1 Å². The van der Waals surface area contributed by atoms with Crippen LogP contribution in [0.4, 0.5) is 17.1 Å². The van der Waals surface area contributed by atoms with Gasteiger partial charge in [-0.15, -0.1) is 0 Å². The maximum atomic E-state index is 12.9. The van der Waals surface area contributed by atoms with Crippen LogP contribution in [0.25, 0.3) is 10.8 Å². The topological polar surface area (TPSA) is 203 Å². The quantitative estimate of drug-likeness (QED) is 0.224. The monoisotopic (exact) mass is 547 g/mol. The standard InChI is InChI=1S/C22H21N5O8S2/c1-26-10-13(23)6-18(26)21(28)25-15-8-19(27(2)11-15)22(29)24-14-4-3-12-5-16(36(30,31)32)9-20(17(12)7-14)37(33,34)35/h3-11H,23H2,1-2H3,(H,24,29)(H,25,28)(H,30,31,32)(H,33,34,35). The molecule has 6 N–H and O–H groups in total. The molecule has 37 heavy (non-hydrogen) atoms. The molecule has 15 heteroatoms. The minimum absolute atomic E-state index is 0.0749. The molecule has 0 atom stereocenters. The summed E-state index contributed by atoms with van der Waals surface area (Å²) in [6.45, 7) is 0. The number of carbonyl (C=O) groups excluding carboxylic acids is 2. The molecule has 0 saturated carbocycles. The third-order valence-corrected chi connectivity index (χ3v) is 7.20. The maximum Gasteiger partial charge on any atom is 0.295 e. The Balaban J connectivity index is 1.63. The van der Waals surface area contributed by atoms with Crippen molar-refractivity contribution in [1.29, 1.82) is 0 Å². The van der Waals surface area contributed by atoms with Crippen molar-refractivity contribution in [3.05, 3.63) is 66.2 Å². The van der Waals surface area contributed by atoms with Crippen LogP contribution in [0.3, 0.4) is 0 Å². The van der Waals surface area contributed by atoms with Crippen LogP contribution >= 0.6 is 0 Å². The zero-order valence-corrected chi connectivity index (χ0v) is 21.0. The summed E-state index contributed by atoms with van der Waals surface area (Å²) in [5, 5.41) is 5.25. The number of aromatic nitrogens is 2. The van der Waals surface area contributed by atoms with E-state index in [9.17, 15) is 35.5 Å². The lowest BCUT2D eigenvalue weighted by molar-refractivity contribution is 0.101. The largest absolute Gasteiger partial charge is 0.397 e. The van der Waals surface area contributed by atoms with Crippen molar-refractivity contribution in [3.63, 3.8) is 0 Å². The van der Waals surface area contributed by atoms with Crippen LogP contribution in [0.2, 0.25) is 0 Å². The van der Waals surface area contributed by atoms with Gasteiger partial charge < -0.3 is 25.5 Å². The van der Waals surface area contributed by atoms with Gasteiger partial charge in [0.05, 0.1) is 16.3 Å². The summed E-state index contributed by atoms with van der Waals surface area (Å²) >= 11 is 0. The zero-order valence-electron chi connectivity index (χ0n) is 19.3. The lowest BCUT2D eigenvalue weighted by Crippen LogP contribution is -2.15. The Morgan fingerprint density at radius 1 is 0.784 bits per heavy atom. The van der Waals surface area contributed by atoms with Crippen LogP contribution in [0.5, 0.6) is 0 Å². The molecule has 194 valence electrons. The molecule has 0 radical (unpaired) electrons. The van der Waals surface area contributed by atoms with Crippen molar-refractivity contribution in [2.24, 2.45) is 14.1 Å². The number of rotatable bonds is 6. The molecule has 0 aliphatic rings. The number of carbonyl (C=O) groups is 2. The Morgan fingerprint density at radius 3 is 1.95 bits per heavy atom. The lowest BCUT2D eigenvalue weighted by Gasteiger charge is -2.10. The molecule has 4 rings (SSSR count). The van der Waals surface area contributed by atoms with Crippen LogP contribution in [0, 0.1) is 0 Å². The molecule has 0 spiro atoms. The number of nitrogens with zero attached hydrogens (tertiary/aromatic N) is 2. The van der Waals surface area contributed by atoms with Gasteiger partial charge in [-0.05, 0) is 41.8 Å². The van der Waals surface area contributed by atoms with E-state index in [-0.39, 0.29) is 22.2 Å². The van der Waals surface area contributed by atoms with E-state index in [0.717, 1.165) is 6.07 Å². The normalized spacial score (nSPS) is 12.0. The van der Waals surface area contributed by atoms with Gasteiger partial charge in [0, 0.05) is 37.6 Å². The van der Waals surface area contributed by atoms with Gasteiger partial charge in [-0.3, -0.25) is 18.7 Å². The third kappa shape index (κ3) is 5.34. The summed E-state index contributed by atoms with van der Waals surface area (Å²) in [4.78, 5) is 24.0. The summed E-state index contributed by atoms with van der Waals surface area (Å²) in [7, 11) is -6.40. The molecule has 0 saturated heterocycles. The fourth-order valence-corrected chi connectivity index (χ4v) is 5.15. The molecule has 2 aromatic heterocycles. The molecule has 13 nitrogen and oxygen atoms in total. The fourth-order valence-electron chi connectivity index (χ4n) is 3.80. The van der Waals surface area contributed by atoms with E-state index in [1.807, 2.05) is 0 Å². The first-order valence-electron chi connectivity index (χ1n) is 10.4. The van der Waals surface area contributed by atoms with Crippen molar-refractivity contribution in [3.8, 4) is 0 Å². The number of benzene rings is 2. The van der Waals surface area contributed by atoms with Gasteiger partial charge in [0.1, 0.15) is 16.3 Å². The summed E-state index contributed by atoms with van der Waals surface area (Å²) in [6.07, 6.45) is 3.10. The molecular formula is C22H21N5O8S2. The number of hydrogen-bond acceptors (Lipinski definition) is 7. The van der Waals surface area contributed by atoms with Crippen molar-refractivity contribution < 1.29 is 35.5 Å². The number of nitrogens with two attached hydrogens (primary N) is 1. The van der Waals surface area contributed by atoms with E-state index in [0.29, 0.717) is 23.1 Å². The highest BCUT2D eigenvalue weighted by Crippen LogP contribution is 2.30. The fraction of sp³-hybridized carbons (Fsp3) is 0.0909. The predicted molar refractivity (Wildman–Crippen MR) is 135 cm³/mol. The second-order valence-corrected chi connectivity index (χ2v) is 11.0. The number of fused-ring (bicyclic) bond motifs is 1. The summed E-state index contributed by atoms with van der Waals surface area (Å²) < 4.78 is 68.7. The molecular weight excluding hydrogens is 526 g/mol. The van der Waals surface area contributed by atoms with E-state index < -0.39 is 41.8 Å². The highest BCUT2D eigenvalue weighted by Gasteiger charge is 2.21. The number of amides is 2. The number of nitrogens with one attached hydrogen (secondary N) is 2. The second-order valence-electron chi connectivity index (χ2n) is 8.21. The molecule has 0 aliphatic heterocycles. The van der Waals surface area contributed by atoms with Crippen molar-refractivity contribution in [1.82, 2.24) is 9.13 Å². The highest BCUT2D eigenvalue weighted by molar-refractivity contribution is 7.86. The number of aryl methyl sites for hydroxylation is 2. The SMILES string of the molecule is Cn1cc(N)cc1C(=O)Nc1cc(C(=O)Nc2ccc3cc(S(=O)(=O)O)cc(S(=O)(=O)O)c3c2)n(C)c1. The average Bonchev–Trinajstić information content (AvgIpc) is 3.32. The minimum atomic E-state index is -4.89. The first kappa shape index (κ1) is 25.9. The second kappa shape index (κ2) is 9.04. The van der Waals surface area contributed by atoms with E-state index in [1.54, 1.807) is 24.9 Å². The summed E-state index contributed by atoms with van der Waals surface area (Å²) in [5.74, 6) is -1.04. The van der Waals surface area contributed by atoms with E-state index >= 15 is 0 Å². The van der Waals surface area contributed by atoms with Crippen molar-refractivity contribution in [2.45, 2.75) is 9.79 Å². The first-order valence-corrected chi connectivity index (χ1v) is 13.2. The average molecular weight is 548 g/mol. The molecule has 2 aromatic carbocycles. The Morgan fingerprint density at radius 2 is 1.38 bits per heavy atom. The predicted octanol–water partition coefficient (Wildman–Crippen LogP) is 2.10. The van der Waals surface area contributed by atoms with Gasteiger partial charge in [-0.1, -0.05) is 6.07 Å². The van der Waals surface area contributed by atoms with Crippen LogP contribution in [0.15, 0.2) is 64.6 Å². The third-order valence-electron chi connectivity index (χ3n) is 5.48. The van der Waals surface area contributed by atoms with Gasteiger partial charge in [-0.2, -0.15) is 16.8 Å². The van der Waals surface area contributed by atoms with Crippen LogP contribution in [-0.2, 0) is 34.3 Å². The molecule has 0 fully saturated rings. The lowest BCUT2D eigenvalue weighted by atomic mass is 10.1. The molecule has 2 amide bonds. The Hall–Kier alpha value is -4.18. The Labute approximate surface area is 211 Å². The van der Waals surface area contributed by atoms with Crippen LogP contribution in [-0.4, -0.2) is 46.9 Å². The van der Waals surface area contributed by atoms with Crippen LogP contribution < -0.4 is 16.4 Å². The van der Waals surface area contributed by atoms with Crippen molar-refractivity contribution in [2.75, 3.05) is 16.4 Å². The van der Waals surface area contributed by atoms with E-state index in [4.69, 9.17) is 5.73 Å². The molecule has 0 aliphatic carbocycles. The molecule has 0 unspecified atom stereocenters. The minimum Gasteiger partial charge on any atom is -0.397 e. The molecule has 0 bridgehead atoms. The van der Waals surface area contributed by atoms with Crippen LogP contribution in [0.1, 0.15) is 21.0 Å². The van der Waals surface area contributed by atoms with Gasteiger partial charge in [0.15, 0.2) is 0 Å². The summed E-state index contributed by atoms with van der Waals surface area (Å²) in [5.41, 5.74) is 7.06. The highest BCUT2D eigenvalue weighted by atomic mass is 32.2. The van der Waals surface area contributed by atoms with Gasteiger partial charge >= 0.3 is 0 Å². The Bertz CT molecular complexity index is 1800. The molecule has 4 aromatic rings. The number of nitrogen functional groups attached to an aromatic ring is 1. The molecule has 2 heterocycles. The summed E-state index contributed by atoms with van der Waals surface area (Å²) in [6, 6.07) is 8.51. The van der Waals surface area contributed by atoms with Gasteiger partial charge in [0.2, 0.25) is 0 Å². The smallest absolute Gasteiger partial charge is 0.295 e. The van der Waals surface area contributed by atoms with Gasteiger partial charge in [-0.25, -0.2) is 0 Å². The number of hydrogen-bond donors (Lipinski definition) is 5. The first-order chi connectivity index (χ1) is 17.1. The Kier molecular flexibility index (Phi) is 6.33. The van der Waals surface area contributed by atoms with Crippen molar-refractivity contribution >= 4 is 59.9 Å². The van der Waals surface area contributed by atoms with E-state index in [1.165, 1.54) is 41.1 Å². The van der Waals surface area contributed by atoms with E-state index in [2.05, 4.69) is 10.6 Å². The number of anilines is 3. The maximum absolute atomic E-state index is 12.9.